The lowest BCUT2D eigenvalue weighted by Gasteiger charge is -2.15. The quantitative estimate of drug-likeness (QED) is 0.777. The van der Waals surface area contributed by atoms with E-state index in [1.807, 2.05) is 24.3 Å². The van der Waals surface area contributed by atoms with Crippen LogP contribution in [-0.2, 0) is 19.6 Å². The number of nitrogens with zero attached hydrogens (tertiary/aromatic N) is 2. The van der Waals surface area contributed by atoms with Crippen molar-refractivity contribution in [3.8, 4) is 11.3 Å². The maximum absolute atomic E-state index is 9.74. The molecule has 3 heterocycles. The molecule has 0 amide bonds. The fourth-order valence-corrected chi connectivity index (χ4v) is 3.08. The first kappa shape index (κ1) is 11.7. The summed E-state index contributed by atoms with van der Waals surface area (Å²) in [5, 5.41) is 10.8. The molecule has 1 aliphatic heterocycles. The number of para-hydroxylation sites is 1. The number of fused-ring (bicyclic) bond motifs is 2. The van der Waals surface area contributed by atoms with E-state index in [-0.39, 0.29) is 6.61 Å². The molecule has 0 bridgehead atoms. The predicted molar refractivity (Wildman–Crippen MR) is 76.3 cm³/mol. The third-order valence-electron chi connectivity index (χ3n) is 4.07. The second-order valence-electron chi connectivity index (χ2n) is 5.24. The maximum atomic E-state index is 9.74. The van der Waals surface area contributed by atoms with Gasteiger partial charge >= 0.3 is 0 Å². The zero-order chi connectivity index (χ0) is 13.5. The van der Waals surface area contributed by atoms with Gasteiger partial charge in [-0.15, -0.1) is 0 Å². The molecule has 4 rings (SSSR count). The molecule has 0 aliphatic carbocycles. The van der Waals surface area contributed by atoms with Gasteiger partial charge in [-0.05, 0) is 18.9 Å². The van der Waals surface area contributed by atoms with Crippen LogP contribution < -0.4 is 0 Å². The average Bonchev–Trinajstić information content (AvgIpc) is 3.07. The average molecular weight is 268 g/mol. The Bertz CT molecular complexity index is 770. The Labute approximate surface area is 116 Å². The first-order chi connectivity index (χ1) is 9.88. The van der Waals surface area contributed by atoms with Crippen LogP contribution in [0.5, 0.6) is 0 Å². The fraction of sp³-hybridized carbons (Fsp3) is 0.312. The molecule has 2 aromatic heterocycles. The van der Waals surface area contributed by atoms with E-state index < -0.39 is 0 Å². The lowest BCUT2D eigenvalue weighted by molar-refractivity contribution is 0.268. The van der Waals surface area contributed by atoms with Gasteiger partial charge < -0.3 is 14.1 Å². The molecule has 0 saturated heterocycles. The molecule has 0 atom stereocenters. The van der Waals surface area contributed by atoms with Gasteiger partial charge in [0.05, 0.1) is 18.0 Å². The third kappa shape index (κ3) is 1.61. The summed E-state index contributed by atoms with van der Waals surface area (Å²) < 4.78 is 7.77. The van der Waals surface area contributed by atoms with Crippen LogP contribution in [0, 0.1) is 0 Å². The molecule has 0 unspecified atom stereocenters. The number of aromatic nitrogens is 2. The molecular formula is C16H16N2O2. The predicted octanol–water partition coefficient (Wildman–Crippen LogP) is 3.12. The molecule has 1 N–H and O–H groups in total. The van der Waals surface area contributed by atoms with Crippen molar-refractivity contribution in [2.24, 2.45) is 0 Å². The molecule has 4 nitrogen and oxygen atoms in total. The Hall–Kier alpha value is -2.07. The number of benzene rings is 1. The van der Waals surface area contributed by atoms with Gasteiger partial charge in [0, 0.05) is 23.9 Å². The molecule has 0 fully saturated rings. The van der Waals surface area contributed by atoms with Gasteiger partial charge in [0.25, 0.3) is 0 Å². The van der Waals surface area contributed by atoms with Gasteiger partial charge in [0.1, 0.15) is 17.7 Å². The van der Waals surface area contributed by atoms with E-state index in [1.165, 1.54) is 6.42 Å². The second-order valence-corrected chi connectivity index (χ2v) is 5.24. The molecule has 3 aromatic rings. The van der Waals surface area contributed by atoms with Gasteiger partial charge in [-0.25, -0.2) is 4.98 Å². The highest BCUT2D eigenvalue weighted by Crippen LogP contribution is 2.34. The highest BCUT2D eigenvalue weighted by Gasteiger charge is 2.22. The first-order valence-corrected chi connectivity index (χ1v) is 7.04. The summed E-state index contributed by atoms with van der Waals surface area (Å²) in [5.41, 5.74) is 3.62. The summed E-state index contributed by atoms with van der Waals surface area (Å²) >= 11 is 0. The van der Waals surface area contributed by atoms with Crippen molar-refractivity contribution in [1.29, 1.82) is 0 Å². The summed E-state index contributed by atoms with van der Waals surface area (Å²) in [4.78, 5) is 4.76. The van der Waals surface area contributed by atoms with Crippen LogP contribution in [0.15, 0.2) is 34.9 Å². The van der Waals surface area contributed by atoms with Crippen molar-refractivity contribution < 1.29 is 9.52 Å². The van der Waals surface area contributed by atoms with Crippen molar-refractivity contribution in [2.45, 2.75) is 32.4 Å². The second kappa shape index (κ2) is 4.49. The van der Waals surface area contributed by atoms with Crippen LogP contribution in [0.2, 0.25) is 0 Å². The van der Waals surface area contributed by atoms with Crippen molar-refractivity contribution in [1.82, 2.24) is 9.55 Å². The Morgan fingerprint density at radius 1 is 1.25 bits per heavy atom. The van der Waals surface area contributed by atoms with Gasteiger partial charge in [0.15, 0.2) is 0 Å². The summed E-state index contributed by atoms with van der Waals surface area (Å²) in [5.74, 6) is 1.08. The van der Waals surface area contributed by atoms with Crippen molar-refractivity contribution in [3.63, 3.8) is 0 Å². The molecule has 0 spiro atoms. The summed E-state index contributed by atoms with van der Waals surface area (Å²) in [6.45, 7) is 0.968. The SMILES string of the molecule is OCc1c(-c2coc3ccccc23)nc2n1CCCC2. The Morgan fingerprint density at radius 2 is 2.15 bits per heavy atom. The standard InChI is InChI=1S/C16H16N2O2/c19-9-13-16(17-15-7-3-4-8-18(13)15)12-10-20-14-6-2-1-5-11(12)14/h1-2,5-6,10,19H,3-4,7-9H2. The smallest absolute Gasteiger partial charge is 0.134 e. The highest BCUT2D eigenvalue weighted by molar-refractivity contribution is 5.93. The van der Waals surface area contributed by atoms with E-state index in [2.05, 4.69) is 4.57 Å². The monoisotopic (exact) mass is 268 g/mol. The van der Waals surface area contributed by atoms with Gasteiger partial charge in [0.2, 0.25) is 0 Å². The maximum Gasteiger partial charge on any atom is 0.134 e. The number of rotatable bonds is 2. The number of hydrogen-bond acceptors (Lipinski definition) is 3. The molecule has 102 valence electrons. The minimum atomic E-state index is 0.0157. The highest BCUT2D eigenvalue weighted by atomic mass is 16.3. The van der Waals surface area contributed by atoms with Crippen LogP contribution in [0.3, 0.4) is 0 Å². The largest absolute Gasteiger partial charge is 0.464 e. The lowest BCUT2D eigenvalue weighted by atomic mass is 10.1. The summed E-state index contributed by atoms with van der Waals surface area (Å²) in [7, 11) is 0. The number of aliphatic hydroxyl groups is 1. The number of furan rings is 1. The van der Waals surface area contributed by atoms with E-state index in [9.17, 15) is 5.11 Å². The van der Waals surface area contributed by atoms with Gasteiger partial charge in [-0.1, -0.05) is 18.2 Å². The van der Waals surface area contributed by atoms with E-state index in [0.29, 0.717) is 0 Å². The number of hydrogen-bond donors (Lipinski definition) is 1. The Kier molecular flexibility index (Phi) is 2.63. The molecule has 1 aromatic carbocycles. The van der Waals surface area contributed by atoms with Crippen molar-refractivity contribution >= 4 is 11.0 Å². The lowest BCUT2D eigenvalue weighted by Crippen LogP contribution is -2.12. The van der Waals surface area contributed by atoms with Crippen molar-refractivity contribution in [3.05, 3.63) is 42.0 Å². The topological polar surface area (TPSA) is 51.2 Å². The van der Waals surface area contributed by atoms with Crippen LogP contribution in [0.25, 0.3) is 22.2 Å². The molecule has 1 aliphatic rings. The summed E-state index contributed by atoms with van der Waals surface area (Å²) in [6, 6.07) is 7.94. The Morgan fingerprint density at radius 3 is 3.05 bits per heavy atom. The molecule has 4 heteroatoms. The van der Waals surface area contributed by atoms with E-state index in [4.69, 9.17) is 9.40 Å². The van der Waals surface area contributed by atoms with E-state index >= 15 is 0 Å². The van der Waals surface area contributed by atoms with E-state index in [1.54, 1.807) is 6.26 Å². The first-order valence-electron chi connectivity index (χ1n) is 7.04. The number of aliphatic hydroxyl groups excluding tert-OH is 1. The van der Waals surface area contributed by atoms with Gasteiger partial charge in [-0.3, -0.25) is 0 Å². The zero-order valence-corrected chi connectivity index (χ0v) is 11.2. The minimum absolute atomic E-state index is 0.0157. The van der Waals surface area contributed by atoms with Crippen LogP contribution in [0.4, 0.5) is 0 Å². The molecule has 20 heavy (non-hydrogen) atoms. The zero-order valence-electron chi connectivity index (χ0n) is 11.2. The fourth-order valence-electron chi connectivity index (χ4n) is 3.08. The van der Waals surface area contributed by atoms with Crippen LogP contribution in [-0.4, -0.2) is 14.7 Å². The third-order valence-corrected chi connectivity index (χ3v) is 4.07. The van der Waals surface area contributed by atoms with Crippen molar-refractivity contribution in [2.75, 3.05) is 0 Å². The molecule has 0 radical (unpaired) electrons. The van der Waals surface area contributed by atoms with E-state index in [0.717, 1.165) is 53.1 Å². The van der Waals surface area contributed by atoms with Gasteiger partial charge in [-0.2, -0.15) is 0 Å². The summed E-state index contributed by atoms with van der Waals surface area (Å²) in [6.07, 6.45) is 5.07. The number of imidazole rings is 1. The van der Waals surface area contributed by atoms with Crippen LogP contribution in [0.1, 0.15) is 24.4 Å². The van der Waals surface area contributed by atoms with Crippen LogP contribution >= 0.6 is 0 Å². The molecule has 0 saturated carbocycles. The minimum Gasteiger partial charge on any atom is -0.464 e. The Balaban J connectivity index is 1.96. The number of aryl methyl sites for hydroxylation is 1. The molecular weight excluding hydrogens is 252 g/mol. The normalized spacial score (nSPS) is 14.7.